The number of nitrogens with zero attached hydrogens (tertiary/aromatic N) is 4. The summed E-state index contributed by atoms with van der Waals surface area (Å²) in [6, 6.07) is 11.2. The molecule has 0 N–H and O–H groups in total. The summed E-state index contributed by atoms with van der Waals surface area (Å²) in [6.07, 6.45) is 4.02. The van der Waals surface area contributed by atoms with Crippen molar-refractivity contribution in [1.29, 1.82) is 0 Å². The summed E-state index contributed by atoms with van der Waals surface area (Å²) in [6.45, 7) is 6.13. The predicted molar refractivity (Wildman–Crippen MR) is 122 cm³/mol. The van der Waals surface area contributed by atoms with Gasteiger partial charge in [0.1, 0.15) is 10.6 Å². The Morgan fingerprint density at radius 2 is 1.75 bits per heavy atom. The molecule has 2 saturated heterocycles. The van der Waals surface area contributed by atoms with Gasteiger partial charge in [-0.15, -0.1) is 0 Å². The Morgan fingerprint density at radius 3 is 2.41 bits per heavy atom. The van der Waals surface area contributed by atoms with Crippen molar-refractivity contribution < 1.29 is 17.9 Å². The normalized spacial score (nSPS) is 18.5. The molecule has 0 radical (unpaired) electrons. The van der Waals surface area contributed by atoms with E-state index >= 15 is 0 Å². The number of aromatic nitrogens is 1. The Hall–Kier alpha value is -2.65. The molecule has 1 amide bonds. The second kappa shape index (κ2) is 9.87. The minimum atomic E-state index is -3.56. The molecule has 0 bridgehead atoms. The molecule has 0 aliphatic carbocycles. The van der Waals surface area contributed by atoms with Crippen LogP contribution < -0.4 is 9.64 Å². The number of anilines is 1. The van der Waals surface area contributed by atoms with Gasteiger partial charge in [-0.1, -0.05) is 12.1 Å². The number of pyridine rings is 1. The maximum Gasteiger partial charge on any atom is 0.244 e. The Kier molecular flexibility index (Phi) is 6.95. The summed E-state index contributed by atoms with van der Waals surface area (Å²) in [5.74, 6) is 0.885. The molecule has 0 atom stereocenters. The Labute approximate surface area is 189 Å². The highest BCUT2D eigenvalue weighted by molar-refractivity contribution is 7.89. The van der Waals surface area contributed by atoms with Crippen LogP contribution in [0.25, 0.3) is 0 Å². The highest BCUT2D eigenvalue weighted by Gasteiger charge is 2.34. The van der Waals surface area contributed by atoms with Crippen molar-refractivity contribution >= 4 is 21.6 Å². The number of para-hydroxylation sites is 2. The van der Waals surface area contributed by atoms with Crippen molar-refractivity contribution in [3.8, 4) is 5.75 Å². The van der Waals surface area contributed by atoms with Crippen molar-refractivity contribution in [2.24, 2.45) is 5.92 Å². The van der Waals surface area contributed by atoms with Crippen LogP contribution in [0.4, 0.5) is 5.69 Å². The van der Waals surface area contributed by atoms with E-state index in [4.69, 9.17) is 4.74 Å². The second-order valence-electron chi connectivity index (χ2n) is 8.08. The Balaban J connectivity index is 1.31. The molecule has 0 saturated carbocycles. The van der Waals surface area contributed by atoms with Crippen LogP contribution in [0.1, 0.15) is 19.8 Å². The summed E-state index contributed by atoms with van der Waals surface area (Å²) in [5, 5.41) is 0. The average molecular weight is 459 g/mol. The van der Waals surface area contributed by atoms with Gasteiger partial charge in [-0.2, -0.15) is 4.31 Å². The SMILES string of the molecule is CCOc1ccccc1N1CCN(C(=O)C2CCN(S(=O)(=O)c3cccnc3)CC2)CC1. The summed E-state index contributed by atoms with van der Waals surface area (Å²) in [4.78, 5) is 21.4. The molecule has 32 heavy (non-hydrogen) atoms. The third kappa shape index (κ3) is 4.73. The fraction of sp³-hybridized carbons (Fsp3) is 0.478. The number of piperazine rings is 1. The van der Waals surface area contributed by atoms with E-state index in [1.54, 1.807) is 18.3 Å². The summed E-state index contributed by atoms with van der Waals surface area (Å²) < 4.78 is 32.8. The van der Waals surface area contributed by atoms with E-state index in [1.807, 2.05) is 30.0 Å². The van der Waals surface area contributed by atoms with E-state index in [0.29, 0.717) is 45.6 Å². The van der Waals surface area contributed by atoms with Crippen LogP contribution in [-0.2, 0) is 14.8 Å². The van der Waals surface area contributed by atoms with Crippen molar-refractivity contribution in [3.63, 3.8) is 0 Å². The highest BCUT2D eigenvalue weighted by atomic mass is 32.2. The molecule has 9 heteroatoms. The first kappa shape index (κ1) is 22.5. The summed E-state index contributed by atoms with van der Waals surface area (Å²) >= 11 is 0. The van der Waals surface area contributed by atoms with Gasteiger partial charge in [0.25, 0.3) is 0 Å². The number of ether oxygens (including phenoxy) is 1. The second-order valence-corrected chi connectivity index (χ2v) is 10.0. The topological polar surface area (TPSA) is 83.0 Å². The van der Waals surface area contributed by atoms with Crippen LogP contribution in [0.5, 0.6) is 5.75 Å². The molecular formula is C23H30N4O4S. The Bertz CT molecular complexity index is 1020. The number of sulfonamides is 1. The van der Waals surface area contributed by atoms with Crippen LogP contribution in [0, 0.1) is 5.92 Å². The molecule has 2 aliphatic heterocycles. The van der Waals surface area contributed by atoms with Crippen molar-refractivity contribution in [1.82, 2.24) is 14.2 Å². The number of hydrogen-bond acceptors (Lipinski definition) is 6. The quantitative estimate of drug-likeness (QED) is 0.660. The van der Waals surface area contributed by atoms with Crippen molar-refractivity contribution in [2.75, 3.05) is 50.8 Å². The molecule has 2 aromatic rings. The van der Waals surface area contributed by atoms with E-state index in [0.717, 1.165) is 24.5 Å². The number of amides is 1. The number of carbonyl (C=O) groups excluding carboxylic acids is 1. The van der Waals surface area contributed by atoms with Gasteiger partial charge in [-0.25, -0.2) is 8.42 Å². The molecule has 2 fully saturated rings. The van der Waals surface area contributed by atoms with E-state index in [1.165, 1.54) is 10.5 Å². The highest BCUT2D eigenvalue weighted by Crippen LogP contribution is 2.30. The maximum atomic E-state index is 13.1. The monoisotopic (exact) mass is 458 g/mol. The van der Waals surface area contributed by atoms with Gasteiger partial charge in [-0.3, -0.25) is 9.78 Å². The Morgan fingerprint density at radius 1 is 1.03 bits per heavy atom. The first-order valence-corrected chi connectivity index (χ1v) is 12.6. The summed E-state index contributed by atoms with van der Waals surface area (Å²) in [7, 11) is -3.56. The predicted octanol–water partition coefficient (Wildman–Crippen LogP) is 2.23. The van der Waals surface area contributed by atoms with Crippen molar-refractivity contribution in [2.45, 2.75) is 24.7 Å². The molecule has 1 aromatic carbocycles. The summed E-state index contributed by atoms with van der Waals surface area (Å²) in [5.41, 5.74) is 1.07. The molecule has 0 spiro atoms. The smallest absolute Gasteiger partial charge is 0.244 e. The lowest BCUT2D eigenvalue weighted by Gasteiger charge is -2.39. The van der Waals surface area contributed by atoms with Crippen LogP contribution >= 0.6 is 0 Å². The third-order valence-corrected chi connectivity index (χ3v) is 8.05. The first-order valence-electron chi connectivity index (χ1n) is 11.2. The number of hydrogen-bond donors (Lipinski definition) is 0. The fourth-order valence-corrected chi connectivity index (χ4v) is 5.85. The number of piperidine rings is 1. The van der Waals surface area contributed by atoms with Gasteiger partial charge < -0.3 is 14.5 Å². The fourth-order valence-electron chi connectivity index (χ4n) is 4.41. The van der Waals surface area contributed by atoms with Gasteiger partial charge in [0.05, 0.1) is 12.3 Å². The minimum absolute atomic E-state index is 0.127. The van der Waals surface area contributed by atoms with Crippen LogP contribution in [0.15, 0.2) is 53.7 Å². The van der Waals surface area contributed by atoms with Gasteiger partial charge in [-0.05, 0) is 44.0 Å². The van der Waals surface area contributed by atoms with Gasteiger partial charge in [0.2, 0.25) is 15.9 Å². The molecule has 0 unspecified atom stereocenters. The zero-order valence-corrected chi connectivity index (χ0v) is 19.2. The zero-order valence-electron chi connectivity index (χ0n) is 18.4. The molecule has 2 aliphatic rings. The lowest BCUT2D eigenvalue weighted by atomic mass is 9.96. The van der Waals surface area contributed by atoms with Crippen molar-refractivity contribution in [3.05, 3.63) is 48.8 Å². The van der Waals surface area contributed by atoms with E-state index in [9.17, 15) is 13.2 Å². The molecule has 4 rings (SSSR count). The molecule has 8 nitrogen and oxygen atoms in total. The largest absolute Gasteiger partial charge is 0.492 e. The zero-order chi connectivity index (χ0) is 22.6. The molecule has 3 heterocycles. The molecule has 172 valence electrons. The lowest BCUT2D eigenvalue weighted by Crippen LogP contribution is -2.52. The van der Waals surface area contributed by atoms with Crippen LogP contribution in [0.2, 0.25) is 0 Å². The van der Waals surface area contributed by atoms with E-state index in [-0.39, 0.29) is 16.7 Å². The lowest BCUT2D eigenvalue weighted by molar-refractivity contribution is -0.137. The van der Waals surface area contributed by atoms with E-state index < -0.39 is 10.0 Å². The standard InChI is InChI=1S/C23H30N4O4S/c1-2-31-22-8-4-3-7-21(22)25-14-16-26(17-15-25)23(28)19-9-12-27(13-10-19)32(29,30)20-6-5-11-24-18-20/h3-8,11,18-19H,2,9-10,12-17H2,1H3. The average Bonchev–Trinajstić information content (AvgIpc) is 2.85. The van der Waals surface area contributed by atoms with Gasteiger partial charge in [0.15, 0.2) is 0 Å². The number of benzene rings is 1. The minimum Gasteiger partial charge on any atom is -0.492 e. The van der Waals surface area contributed by atoms with Crippen LogP contribution in [-0.4, -0.2) is 74.4 Å². The van der Waals surface area contributed by atoms with Gasteiger partial charge >= 0.3 is 0 Å². The molecular weight excluding hydrogens is 428 g/mol. The van der Waals surface area contributed by atoms with E-state index in [2.05, 4.69) is 16.0 Å². The third-order valence-electron chi connectivity index (χ3n) is 6.17. The maximum absolute atomic E-state index is 13.1. The van der Waals surface area contributed by atoms with Crippen LogP contribution in [0.3, 0.4) is 0 Å². The number of carbonyl (C=O) groups is 1. The first-order chi connectivity index (χ1) is 15.5. The van der Waals surface area contributed by atoms with Gasteiger partial charge in [0, 0.05) is 57.6 Å². The molecule has 1 aromatic heterocycles. The number of rotatable bonds is 6.